The van der Waals surface area contributed by atoms with Gasteiger partial charge in [-0.25, -0.2) is 9.67 Å². The molecule has 36 heavy (non-hydrogen) atoms. The fourth-order valence-corrected chi connectivity index (χ4v) is 4.63. The highest BCUT2D eigenvalue weighted by molar-refractivity contribution is 5.88. The lowest BCUT2D eigenvalue weighted by Gasteiger charge is -2.34. The van der Waals surface area contributed by atoms with E-state index in [9.17, 15) is 5.11 Å². The van der Waals surface area contributed by atoms with E-state index in [1.165, 1.54) is 4.68 Å². The molecule has 1 saturated heterocycles. The standard InChI is InChI=1S/C26H26N8O2/c1-3-32-22(19-9-11-27-12-10-19)28-21-23(32)29-26(30-24(21)33-13-14-36-16-17(33)2)34-15-20(25(35)31-34)18-7-5-4-6-8-18/h4-12,15,17H,3,13-14,16H2,1-2H3,(H,31,35)/t17-/m0/s1. The van der Waals surface area contributed by atoms with Gasteiger partial charge in [0, 0.05) is 37.2 Å². The Balaban J connectivity index is 1.57. The van der Waals surface area contributed by atoms with E-state index in [0.29, 0.717) is 43.5 Å². The van der Waals surface area contributed by atoms with E-state index in [1.54, 1.807) is 18.6 Å². The molecule has 0 spiro atoms. The normalized spacial score (nSPS) is 16.1. The van der Waals surface area contributed by atoms with Gasteiger partial charge >= 0.3 is 0 Å². The van der Waals surface area contributed by atoms with Crippen LogP contribution in [0.2, 0.25) is 0 Å². The quantitative estimate of drug-likeness (QED) is 0.404. The maximum absolute atomic E-state index is 10.6. The summed E-state index contributed by atoms with van der Waals surface area (Å²) in [6.07, 6.45) is 5.28. The largest absolute Gasteiger partial charge is 0.492 e. The molecule has 0 aliphatic carbocycles. The Kier molecular flexibility index (Phi) is 5.57. The zero-order chi connectivity index (χ0) is 24.6. The Morgan fingerprint density at radius 2 is 1.83 bits per heavy atom. The van der Waals surface area contributed by atoms with Crippen LogP contribution in [0.1, 0.15) is 13.8 Å². The summed E-state index contributed by atoms with van der Waals surface area (Å²) in [4.78, 5) is 21.2. The molecule has 1 aromatic carbocycles. The maximum Gasteiger partial charge on any atom is 0.254 e. The summed E-state index contributed by atoms with van der Waals surface area (Å²) in [5, 5.41) is 15.0. The van der Waals surface area contributed by atoms with E-state index in [1.807, 2.05) is 42.5 Å². The Labute approximate surface area is 207 Å². The van der Waals surface area contributed by atoms with Crippen molar-refractivity contribution in [1.82, 2.24) is 34.3 Å². The number of aromatic hydroxyl groups is 1. The summed E-state index contributed by atoms with van der Waals surface area (Å²) >= 11 is 0. The number of hydrogen-bond donors (Lipinski definition) is 1. The first kappa shape index (κ1) is 22.2. The number of benzene rings is 1. The predicted molar refractivity (Wildman–Crippen MR) is 136 cm³/mol. The molecule has 5 aromatic rings. The van der Waals surface area contributed by atoms with E-state index >= 15 is 0 Å². The average molecular weight is 483 g/mol. The van der Waals surface area contributed by atoms with Crippen molar-refractivity contribution in [2.75, 3.05) is 24.7 Å². The van der Waals surface area contributed by atoms with Gasteiger partial charge in [-0.15, -0.1) is 5.10 Å². The van der Waals surface area contributed by atoms with Crippen LogP contribution in [0.5, 0.6) is 5.88 Å². The van der Waals surface area contributed by atoms with Gasteiger partial charge in [-0.2, -0.15) is 9.97 Å². The zero-order valence-electron chi connectivity index (χ0n) is 20.1. The maximum atomic E-state index is 10.6. The molecule has 1 fully saturated rings. The van der Waals surface area contributed by atoms with Crippen molar-refractivity contribution >= 4 is 17.0 Å². The smallest absolute Gasteiger partial charge is 0.254 e. The van der Waals surface area contributed by atoms with Crippen molar-refractivity contribution in [3.63, 3.8) is 0 Å². The van der Waals surface area contributed by atoms with Crippen LogP contribution >= 0.6 is 0 Å². The number of nitrogens with zero attached hydrogens (tertiary/aromatic N) is 8. The van der Waals surface area contributed by atoms with Crippen LogP contribution in [0.4, 0.5) is 5.82 Å². The lowest BCUT2D eigenvalue weighted by molar-refractivity contribution is 0.0986. The molecule has 182 valence electrons. The van der Waals surface area contributed by atoms with Crippen LogP contribution in [-0.4, -0.2) is 65.2 Å². The first-order valence-corrected chi connectivity index (χ1v) is 12.0. The van der Waals surface area contributed by atoms with E-state index < -0.39 is 0 Å². The highest BCUT2D eigenvalue weighted by atomic mass is 16.5. The minimum Gasteiger partial charge on any atom is -0.492 e. The number of ether oxygens (including phenoxy) is 1. The number of morpholine rings is 1. The molecule has 0 amide bonds. The third kappa shape index (κ3) is 3.75. The van der Waals surface area contributed by atoms with Gasteiger partial charge < -0.3 is 19.3 Å². The van der Waals surface area contributed by atoms with Crippen molar-refractivity contribution in [3.05, 3.63) is 61.1 Å². The van der Waals surface area contributed by atoms with Gasteiger partial charge in [0.1, 0.15) is 5.82 Å². The van der Waals surface area contributed by atoms with Gasteiger partial charge in [0.2, 0.25) is 5.88 Å². The van der Waals surface area contributed by atoms with Crippen molar-refractivity contribution in [2.24, 2.45) is 0 Å². The number of fused-ring (bicyclic) bond motifs is 1. The molecule has 0 bridgehead atoms. The lowest BCUT2D eigenvalue weighted by Crippen LogP contribution is -2.44. The van der Waals surface area contributed by atoms with Gasteiger partial charge in [0.25, 0.3) is 5.95 Å². The molecular formula is C26H26N8O2. The number of anilines is 1. The summed E-state index contributed by atoms with van der Waals surface area (Å²) in [6.45, 7) is 6.75. The summed E-state index contributed by atoms with van der Waals surface area (Å²) in [5.74, 6) is 1.82. The molecule has 0 unspecified atom stereocenters. The number of pyridine rings is 1. The van der Waals surface area contributed by atoms with Crippen molar-refractivity contribution in [3.8, 4) is 34.3 Å². The monoisotopic (exact) mass is 482 g/mol. The van der Waals surface area contributed by atoms with E-state index in [-0.39, 0.29) is 11.9 Å². The molecule has 1 atom stereocenters. The lowest BCUT2D eigenvalue weighted by atomic mass is 10.1. The molecule has 0 radical (unpaired) electrons. The second-order valence-corrected chi connectivity index (χ2v) is 8.73. The fraction of sp³-hybridized carbons (Fsp3) is 0.269. The van der Waals surface area contributed by atoms with E-state index in [0.717, 1.165) is 28.3 Å². The second-order valence-electron chi connectivity index (χ2n) is 8.73. The van der Waals surface area contributed by atoms with Gasteiger partial charge in [-0.1, -0.05) is 30.3 Å². The summed E-state index contributed by atoms with van der Waals surface area (Å²) in [7, 11) is 0. The average Bonchev–Trinajstić information content (AvgIpc) is 3.50. The molecule has 10 heteroatoms. The Morgan fingerprint density at radius 1 is 1.03 bits per heavy atom. The third-order valence-corrected chi connectivity index (χ3v) is 6.44. The first-order valence-electron chi connectivity index (χ1n) is 12.0. The van der Waals surface area contributed by atoms with Crippen LogP contribution in [0.15, 0.2) is 61.1 Å². The van der Waals surface area contributed by atoms with Gasteiger partial charge in [-0.05, 0) is 31.5 Å². The molecular weight excluding hydrogens is 456 g/mol. The summed E-state index contributed by atoms with van der Waals surface area (Å²) < 4.78 is 9.29. The van der Waals surface area contributed by atoms with Crippen LogP contribution in [-0.2, 0) is 11.3 Å². The molecule has 1 aliphatic rings. The second kappa shape index (κ2) is 9.04. The van der Waals surface area contributed by atoms with Gasteiger partial charge in [0.15, 0.2) is 17.0 Å². The molecule has 1 aliphatic heterocycles. The number of rotatable bonds is 5. The van der Waals surface area contributed by atoms with Gasteiger partial charge in [0.05, 0.1) is 24.8 Å². The molecule has 1 N–H and O–H groups in total. The number of aromatic nitrogens is 7. The van der Waals surface area contributed by atoms with E-state index in [4.69, 9.17) is 19.7 Å². The number of hydrogen-bond acceptors (Lipinski definition) is 8. The SMILES string of the molecule is CCn1c(-c2ccncc2)nc2c(N3CCOC[C@@H]3C)nc(-n3cc(-c4ccccc4)c(O)n3)nc21. The molecule has 5 heterocycles. The van der Waals surface area contributed by atoms with Crippen LogP contribution in [0.3, 0.4) is 0 Å². The topological polar surface area (TPSA) is 107 Å². The number of aryl methyl sites for hydroxylation is 1. The molecule has 6 rings (SSSR count). The highest BCUT2D eigenvalue weighted by Crippen LogP contribution is 2.33. The Morgan fingerprint density at radius 3 is 2.58 bits per heavy atom. The van der Waals surface area contributed by atoms with Crippen molar-refractivity contribution < 1.29 is 9.84 Å². The van der Waals surface area contributed by atoms with Crippen LogP contribution in [0, 0.1) is 0 Å². The molecule has 10 nitrogen and oxygen atoms in total. The minimum atomic E-state index is -0.0762. The fourth-order valence-electron chi connectivity index (χ4n) is 4.63. The summed E-state index contributed by atoms with van der Waals surface area (Å²) in [5.41, 5.74) is 3.86. The summed E-state index contributed by atoms with van der Waals surface area (Å²) in [6, 6.07) is 13.6. The van der Waals surface area contributed by atoms with Crippen molar-refractivity contribution in [2.45, 2.75) is 26.4 Å². The zero-order valence-corrected chi connectivity index (χ0v) is 20.1. The Hall–Kier alpha value is -4.31. The first-order chi connectivity index (χ1) is 17.6. The predicted octanol–water partition coefficient (Wildman–Crippen LogP) is 3.69. The Bertz CT molecular complexity index is 1510. The van der Waals surface area contributed by atoms with Crippen LogP contribution in [0.25, 0.3) is 39.6 Å². The minimum absolute atomic E-state index is 0.0762. The van der Waals surface area contributed by atoms with E-state index in [2.05, 4.69) is 33.4 Å². The molecule has 0 saturated carbocycles. The van der Waals surface area contributed by atoms with Crippen molar-refractivity contribution in [1.29, 1.82) is 0 Å². The van der Waals surface area contributed by atoms with Gasteiger partial charge in [-0.3, -0.25) is 4.98 Å². The third-order valence-electron chi connectivity index (χ3n) is 6.44. The van der Waals surface area contributed by atoms with Crippen LogP contribution < -0.4 is 4.90 Å². The molecule has 4 aromatic heterocycles. The highest BCUT2D eigenvalue weighted by Gasteiger charge is 2.27. The number of imidazole rings is 1.